The molecule has 0 aliphatic rings. The number of nitrogens with zero attached hydrogens (tertiary/aromatic N) is 1. The first-order valence-electron chi connectivity index (χ1n) is 8.32. The van der Waals surface area contributed by atoms with Gasteiger partial charge in [-0.15, -0.1) is 0 Å². The largest absolute Gasteiger partial charge is 0.508 e. The highest BCUT2D eigenvalue weighted by Gasteiger charge is 2.12. The molecule has 132 valence electrons. The standard InChI is InChI=1S/C21H19FN2O2/c1-14(11-16-5-2-3-8-20(16)25)24-21(26)17-9-10-19(23-13-17)15-6-4-7-18(22)12-15/h2-10,12-14,25H,11H2,1H3,(H,24,26)/t14-/m1/s1. The molecule has 0 spiro atoms. The summed E-state index contributed by atoms with van der Waals surface area (Å²) in [5.74, 6) is -0.356. The van der Waals surface area contributed by atoms with Crippen LogP contribution in [0.3, 0.4) is 0 Å². The van der Waals surface area contributed by atoms with Crippen LogP contribution in [0.25, 0.3) is 11.3 Å². The van der Waals surface area contributed by atoms with Gasteiger partial charge in [0.2, 0.25) is 0 Å². The molecule has 3 aromatic rings. The lowest BCUT2D eigenvalue weighted by Gasteiger charge is -2.15. The minimum Gasteiger partial charge on any atom is -0.508 e. The van der Waals surface area contributed by atoms with Crippen molar-refractivity contribution < 1.29 is 14.3 Å². The molecule has 1 aromatic heterocycles. The van der Waals surface area contributed by atoms with Crippen molar-refractivity contribution in [3.8, 4) is 17.0 Å². The highest BCUT2D eigenvalue weighted by molar-refractivity contribution is 5.94. The number of hydrogen-bond acceptors (Lipinski definition) is 3. The molecule has 0 fully saturated rings. The zero-order chi connectivity index (χ0) is 18.5. The molecule has 0 bridgehead atoms. The Morgan fingerprint density at radius 3 is 2.65 bits per heavy atom. The molecule has 0 saturated carbocycles. The molecule has 0 saturated heterocycles. The summed E-state index contributed by atoms with van der Waals surface area (Å²) < 4.78 is 13.3. The monoisotopic (exact) mass is 350 g/mol. The number of pyridine rings is 1. The lowest BCUT2D eigenvalue weighted by Crippen LogP contribution is -2.34. The Morgan fingerprint density at radius 1 is 1.15 bits per heavy atom. The predicted molar refractivity (Wildman–Crippen MR) is 98.4 cm³/mol. The van der Waals surface area contributed by atoms with Crippen LogP contribution in [0.15, 0.2) is 66.9 Å². The third-order valence-corrected chi connectivity index (χ3v) is 4.04. The molecule has 4 nitrogen and oxygen atoms in total. The topological polar surface area (TPSA) is 62.2 Å². The van der Waals surface area contributed by atoms with E-state index in [0.717, 1.165) is 5.56 Å². The Bertz CT molecular complexity index is 910. The maximum atomic E-state index is 13.3. The van der Waals surface area contributed by atoms with E-state index in [2.05, 4.69) is 10.3 Å². The molecular formula is C21H19FN2O2. The van der Waals surface area contributed by atoms with Crippen LogP contribution in [0.2, 0.25) is 0 Å². The van der Waals surface area contributed by atoms with E-state index in [1.54, 1.807) is 36.4 Å². The van der Waals surface area contributed by atoms with Crippen molar-refractivity contribution in [3.05, 3.63) is 83.8 Å². The van der Waals surface area contributed by atoms with Crippen molar-refractivity contribution in [1.82, 2.24) is 10.3 Å². The maximum Gasteiger partial charge on any atom is 0.253 e. The first-order chi connectivity index (χ1) is 12.5. The number of phenolic OH excluding ortho intramolecular Hbond substituents is 1. The molecule has 2 aromatic carbocycles. The first-order valence-corrected chi connectivity index (χ1v) is 8.32. The van der Waals surface area contributed by atoms with E-state index in [1.807, 2.05) is 19.1 Å². The van der Waals surface area contributed by atoms with E-state index in [4.69, 9.17) is 0 Å². The van der Waals surface area contributed by atoms with Crippen LogP contribution in [-0.2, 0) is 6.42 Å². The molecule has 1 amide bonds. The average Bonchev–Trinajstić information content (AvgIpc) is 2.64. The van der Waals surface area contributed by atoms with Gasteiger partial charge < -0.3 is 10.4 Å². The highest BCUT2D eigenvalue weighted by Crippen LogP contribution is 2.19. The van der Waals surface area contributed by atoms with Gasteiger partial charge in [-0.05, 0) is 49.2 Å². The third-order valence-electron chi connectivity index (χ3n) is 4.04. The number of hydrogen-bond donors (Lipinski definition) is 2. The van der Waals surface area contributed by atoms with Crippen molar-refractivity contribution in [2.24, 2.45) is 0 Å². The van der Waals surface area contributed by atoms with E-state index < -0.39 is 0 Å². The van der Waals surface area contributed by atoms with Crippen LogP contribution in [0.5, 0.6) is 5.75 Å². The van der Waals surface area contributed by atoms with E-state index in [0.29, 0.717) is 23.2 Å². The number of aromatic hydroxyl groups is 1. The number of rotatable bonds is 5. The highest BCUT2D eigenvalue weighted by atomic mass is 19.1. The van der Waals surface area contributed by atoms with E-state index in [1.165, 1.54) is 18.3 Å². The van der Waals surface area contributed by atoms with E-state index in [-0.39, 0.29) is 23.5 Å². The molecular weight excluding hydrogens is 331 g/mol. The predicted octanol–water partition coefficient (Wildman–Crippen LogP) is 3.95. The fourth-order valence-corrected chi connectivity index (χ4v) is 2.72. The molecule has 0 aliphatic heterocycles. The van der Waals surface area contributed by atoms with Gasteiger partial charge in [0.05, 0.1) is 11.3 Å². The molecule has 1 atom stereocenters. The Hall–Kier alpha value is -3.21. The normalized spacial score (nSPS) is 11.8. The summed E-state index contributed by atoms with van der Waals surface area (Å²) in [6.45, 7) is 1.87. The lowest BCUT2D eigenvalue weighted by molar-refractivity contribution is 0.0939. The molecule has 2 N–H and O–H groups in total. The molecule has 5 heteroatoms. The molecule has 26 heavy (non-hydrogen) atoms. The SMILES string of the molecule is C[C@H](Cc1ccccc1O)NC(=O)c1ccc(-c2cccc(F)c2)nc1. The van der Waals surface area contributed by atoms with Gasteiger partial charge in [-0.25, -0.2) is 4.39 Å². The van der Waals surface area contributed by atoms with Gasteiger partial charge in [-0.1, -0.05) is 30.3 Å². The van der Waals surface area contributed by atoms with Gasteiger partial charge in [-0.3, -0.25) is 9.78 Å². The minimum atomic E-state index is -0.330. The van der Waals surface area contributed by atoms with Crippen molar-refractivity contribution in [3.63, 3.8) is 0 Å². The summed E-state index contributed by atoms with van der Waals surface area (Å²) in [5, 5.41) is 12.7. The van der Waals surface area contributed by atoms with Crippen LogP contribution in [0, 0.1) is 5.82 Å². The van der Waals surface area contributed by atoms with E-state index >= 15 is 0 Å². The van der Waals surface area contributed by atoms with Crippen molar-refractivity contribution >= 4 is 5.91 Å². The van der Waals surface area contributed by atoms with Gasteiger partial charge in [0.25, 0.3) is 5.91 Å². The average molecular weight is 350 g/mol. The third kappa shape index (κ3) is 4.25. The molecule has 0 radical (unpaired) electrons. The smallest absolute Gasteiger partial charge is 0.253 e. The number of amides is 1. The molecule has 0 unspecified atom stereocenters. The number of phenols is 1. The number of carbonyl (C=O) groups is 1. The van der Waals surface area contributed by atoms with Gasteiger partial charge in [0.1, 0.15) is 11.6 Å². The second-order valence-corrected chi connectivity index (χ2v) is 6.15. The van der Waals surface area contributed by atoms with Gasteiger partial charge >= 0.3 is 0 Å². The van der Waals surface area contributed by atoms with Gasteiger partial charge in [0, 0.05) is 17.8 Å². The second-order valence-electron chi connectivity index (χ2n) is 6.15. The lowest BCUT2D eigenvalue weighted by atomic mass is 10.1. The van der Waals surface area contributed by atoms with E-state index in [9.17, 15) is 14.3 Å². The Balaban J connectivity index is 1.65. The number of carbonyl (C=O) groups excluding carboxylic acids is 1. The van der Waals surface area contributed by atoms with Crippen LogP contribution >= 0.6 is 0 Å². The van der Waals surface area contributed by atoms with Gasteiger partial charge in [0.15, 0.2) is 0 Å². The van der Waals surface area contributed by atoms with Crippen LogP contribution in [0.4, 0.5) is 4.39 Å². The summed E-state index contributed by atoms with van der Waals surface area (Å²) in [5.41, 5.74) is 2.46. The number of nitrogens with one attached hydrogen (secondary N) is 1. The fourth-order valence-electron chi connectivity index (χ4n) is 2.72. The van der Waals surface area contributed by atoms with Crippen molar-refractivity contribution in [1.29, 1.82) is 0 Å². The Labute approximate surface area is 151 Å². The molecule has 1 heterocycles. The Morgan fingerprint density at radius 2 is 1.96 bits per heavy atom. The summed E-state index contributed by atoms with van der Waals surface area (Å²) in [6.07, 6.45) is 2.00. The summed E-state index contributed by atoms with van der Waals surface area (Å²) in [6, 6.07) is 16.4. The summed E-state index contributed by atoms with van der Waals surface area (Å²) >= 11 is 0. The molecule has 0 aliphatic carbocycles. The van der Waals surface area contributed by atoms with Crippen LogP contribution in [-0.4, -0.2) is 22.0 Å². The van der Waals surface area contributed by atoms with Crippen LogP contribution < -0.4 is 5.32 Å². The fraction of sp³-hybridized carbons (Fsp3) is 0.143. The zero-order valence-corrected chi connectivity index (χ0v) is 14.3. The zero-order valence-electron chi connectivity index (χ0n) is 14.3. The molecule has 3 rings (SSSR count). The maximum absolute atomic E-state index is 13.3. The number of halogens is 1. The van der Waals surface area contributed by atoms with Crippen molar-refractivity contribution in [2.45, 2.75) is 19.4 Å². The van der Waals surface area contributed by atoms with Gasteiger partial charge in [-0.2, -0.15) is 0 Å². The van der Waals surface area contributed by atoms with Crippen molar-refractivity contribution in [2.75, 3.05) is 0 Å². The number of benzene rings is 2. The summed E-state index contributed by atoms with van der Waals surface area (Å²) in [4.78, 5) is 16.6. The minimum absolute atomic E-state index is 0.154. The van der Waals surface area contributed by atoms with Crippen LogP contribution in [0.1, 0.15) is 22.8 Å². The number of aromatic nitrogens is 1. The Kier molecular flexibility index (Phi) is 5.27. The quantitative estimate of drug-likeness (QED) is 0.732. The summed E-state index contributed by atoms with van der Waals surface area (Å²) in [7, 11) is 0. The first kappa shape index (κ1) is 17.6. The second kappa shape index (κ2) is 7.78. The number of para-hydroxylation sites is 1.